The summed E-state index contributed by atoms with van der Waals surface area (Å²) in [6, 6.07) is 6.96. The Morgan fingerprint density at radius 2 is 2.29 bits per heavy atom. The van der Waals surface area contributed by atoms with E-state index < -0.39 is 11.9 Å². The van der Waals surface area contributed by atoms with Gasteiger partial charge in [-0.05, 0) is 31.5 Å². The number of hydrogen-bond donors (Lipinski definition) is 1. The molecule has 0 aliphatic carbocycles. The second kappa shape index (κ2) is 7.00. The topological polar surface area (TPSA) is 79.7 Å². The van der Waals surface area contributed by atoms with Crippen molar-refractivity contribution in [1.82, 2.24) is 9.88 Å². The molecule has 1 aliphatic rings. The van der Waals surface area contributed by atoms with E-state index in [1.165, 1.54) is 0 Å². The van der Waals surface area contributed by atoms with E-state index in [9.17, 15) is 9.59 Å². The van der Waals surface area contributed by atoms with Crippen molar-refractivity contribution in [2.75, 3.05) is 13.1 Å². The summed E-state index contributed by atoms with van der Waals surface area (Å²) in [6.45, 7) is 3.02. The van der Waals surface area contributed by atoms with Gasteiger partial charge >= 0.3 is 5.97 Å². The van der Waals surface area contributed by atoms with Gasteiger partial charge in [0.15, 0.2) is 0 Å². The van der Waals surface area contributed by atoms with E-state index >= 15 is 0 Å². The summed E-state index contributed by atoms with van der Waals surface area (Å²) >= 11 is 1.57. The van der Waals surface area contributed by atoms with E-state index in [-0.39, 0.29) is 12.5 Å². The van der Waals surface area contributed by atoms with Gasteiger partial charge < -0.3 is 14.7 Å². The van der Waals surface area contributed by atoms with E-state index in [1.807, 2.05) is 12.3 Å². The molecule has 0 spiro atoms. The van der Waals surface area contributed by atoms with Crippen molar-refractivity contribution in [2.24, 2.45) is 5.92 Å². The largest absolute Gasteiger partial charge is 0.487 e. The Labute approximate surface area is 143 Å². The lowest BCUT2D eigenvalue weighted by molar-refractivity contribution is -0.141. The molecule has 0 unspecified atom stereocenters. The highest BCUT2D eigenvalue weighted by Crippen LogP contribution is 2.21. The maximum absolute atomic E-state index is 12.5. The number of benzene rings is 1. The minimum Gasteiger partial charge on any atom is -0.487 e. The molecule has 2 aromatic rings. The third-order valence-electron chi connectivity index (χ3n) is 3.96. The van der Waals surface area contributed by atoms with Gasteiger partial charge in [0.2, 0.25) is 0 Å². The van der Waals surface area contributed by atoms with Gasteiger partial charge in [-0.3, -0.25) is 9.59 Å². The van der Waals surface area contributed by atoms with Crippen molar-refractivity contribution in [3.05, 3.63) is 45.9 Å². The molecule has 1 aliphatic heterocycles. The molecular formula is C17H18N2O4S. The van der Waals surface area contributed by atoms with Gasteiger partial charge in [0.05, 0.1) is 16.6 Å². The number of ether oxygens (including phenoxy) is 1. The Balaban J connectivity index is 1.64. The molecule has 0 saturated carbocycles. The molecule has 2 heterocycles. The van der Waals surface area contributed by atoms with Gasteiger partial charge in [0, 0.05) is 24.0 Å². The third-order valence-corrected chi connectivity index (χ3v) is 4.78. The first-order chi connectivity index (χ1) is 11.5. The van der Waals surface area contributed by atoms with E-state index in [1.54, 1.807) is 40.5 Å². The lowest BCUT2D eigenvalue weighted by Gasteiger charge is -2.16. The van der Waals surface area contributed by atoms with Crippen LogP contribution >= 0.6 is 11.3 Å². The van der Waals surface area contributed by atoms with Crippen LogP contribution in [0.15, 0.2) is 29.6 Å². The van der Waals surface area contributed by atoms with Gasteiger partial charge in [-0.2, -0.15) is 0 Å². The predicted molar refractivity (Wildman–Crippen MR) is 89.3 cm³/mol. The number of likely N-dealkylation sites (tertiary alicyclic amines) is 1. The predicted octanol–water partition coefficient (Wildman–Crippen LogP) is 2.58. The Hall–Kier alpha value is -2.41. The number of carboxylic acids is 1. The SMILES string of the molecule is Cc1nc(COc2cccc(C(=O)N3CC[C@H](C(=O)O)C3)c2)cs1. The number of thiazole rings is 1. The van der Waals surface area contributed by atoms with Crippen LogP contribution in [0.25, 0.3) is 0 Å². The van der Waals surface area contributed by atoms with Crippen LogP contribution in [0.3, 0.4) is 0 Å². The number of carboxylic acid groups (broad SMARTS) is 1. The molecule has 0 radical (unpaired) electrons. The third kappa shape index (κ3) is 3.73. The number of carbonyl (C=O) groups is 2. The number of rotatable bonds is 5. The van der Waals surface area contributed by atoms with Crippen LogP contribution in [0.5, 0.6) is 5.75 Å². The van der Waals surface area contributed by atoms with Crippen LogP contribution < -0.4 is 4.74 Å². The fourth-order valence-corrected chi connectivity index (χ4v) is 3.28. The fourth-order valence-electron chi connectivity index (χ4n) is 2.68. The average Bonchev–Trinajstić information content (AvgIpc) is 3.21. The number of aromatic nitrogens is 1. The zero-order chi connectivity index (χ0) is 17.1. The van der Waals surface area contributed by atoms with Crippen molar-refractivity contribution in [2.45, 2.75) is 20.0 Å². The molecule has 0 bridgehead atoms. The van der Waals surface area contributed by atoms with Gasteiger partial charge in [-0.25, -0.2) is 4.98 Å². The lowest BCUT2D eigenvalue weighted by atomic mass is 10.1. The van der Waals surface area contributed by atoms with E-state index in [0.717, 1.165) is 10.7 Å². The van der Waals surface area contributed by atoms with Crippen LogP contribution in [0.1, 0.15) is 27.5 Å². The molecule has 1 N–H and O–H groups in total. The van der Waals surface area contributed by atoms with E-state index in [0.29, 0.717) is 30.9 Å². The second-order valence-corrected chi connectivity index (χ2v) is 6.81. The number of carbonyl (C=O) groups excluding carboxylic acids is 1. The van der Waals surface area contributed by atoms with Crippen molar-refractivity contribution in [3.8, 4) is 5.75 Å². The van der Waals surface area contributed by atoms with Gasteiger partial charge in [0.1, 0.15) is 12.4 Å². The first-order valence-electron chi connectivity index (χ1n) is 7.69. The summed E-state index contributed by atoms with van der Waals surface area (Å²) in [5, 5.41) is 12.0. The maximum Gasteiger partial charge on any atom is 0.308 e. The summed E-state index contributed by atoms with van der Waals surface area (Å²) in [5.41, 5.74) is 1.37. The number of hydrogen-bond acceptors (Lipinski definition) is 5. The Morgan fingerprint density at radius 3 is 2.96 bits per heavy atom. The van der Waals surface area contributed by atoms with E-state index in [4.69, 9.17) is 9.84 Å². The van der Waals surface area contributed by atoms with Gasteiger partial charge in [-0.1, -0.05) is 6.07 Å². The molecule has 6 nitrogen and oxygen atoms in total. The zero-order valence-electron chi connectivity index (χ0n) is 13.3. The lowest BCUT2D eigenvalue weighted by Crippen LogP contribution is -2.29. The molecule has 1 aromatic carbocycles. The van der Waals surface area contributed by atoms with Gasteiger partial charge in [-0.15, -0.1) is 11.3 Å². The summed E-state index contributed by atoms with van der Waals surface area (Å²) < 4.78 is 5.70. The molecule has 1 atom stereocenters. The minimum absolute atomic E-state index is 0.159. The Kier molecular flexibility index (Phi) is 4.80. The van der Waals surface area contributed by atoms with Crippen LogP contribution in [0, 0.1) is 12.8 Å². The van der Waals surface area contributed by atoms with Crippen LogP contribution in [0.2, 0.25) is 0 Å². The minimum atomic E-state index is -0.846. The van der Waals surface area contributed by atoms with Crippen molar-refractivity contribution in [3.63, 3.8) is 0 Å². The van der Waals surface area contributed by atoms with E-state index in [2.05, 4.69) is 4.98 Å². The summed E-state index contributed by atoms with van der Waals surface area (Å²) in [4.78, 5) is 29.4. The molecule has 126 valence electrons. The van der Waals surface area contributed by atoms with Crippen molar-refractivity contribution >= 4 is 23.2 Å². The summed E-state index contributed by atoms with van der Waals surface area (Å²) in [6.07, 6.45) is 0.500. The fraction of sp³-hybridized carbons (Fsp3) is 0.353. The average molecular weight is 346 g/mol. The molecule has 1 amide bonds. The maximum atomic E-state index is 12.5. The Morgan fingerprint density at radius 1 is 1.46 bits per heavy atom. The summed E-state index contributed by atoms with van der Waals surface area (Å²) in [5.74, 6) is -0.878. The number of aryl methyl sites for hydroxylation is 1. The first-order valence-corrected chi connectivity index (χ1v) is 8.57. The highest BCUT2D eigenvalue weighted by molar-refractivity contribution is 7.09. The quantitative estimate of drug-likeness (QED) is 0.900. The highest BCUT2D eigenvalue weighted by Gasteiger charge is 2.31. The monoisotopic (exact) mass is 346 g/mol. The second-order valence-electron chi connectivity index (χ2n) is 5.75. The first kappa shape index (κ1) is 16.4. The van der Waals surface area contributed by atoms with Crippen molar-refractivity contribution in [1.29, 1.82) is 0 Å². The molecule has 3 rings (SSSR count). The molecule has 7 heteroatoms. The number of aliphatic carboxylic acids is 1. The van der Waals surface area contributed by atoms with Crippen LogP contribution in [-0.4, -0.2) is 40.0 Å². The van der Waals surface area contributed by atoms with Crippen LogP contribution in [0.4, 0.5) is 0 Å². The molecule has 1 aromatic heterocycles. The van der Waals surface area contributed by atoms with Crippen molar-refractivity contribution < 1.29 is 19.4 Å². The molecular weight excluding hydrogens is 328 g/mol. The normalized spacial score (nSPS) is 17.0. The van der Waals surface area contributed by atoms with Crippen LogP contribution in [-0.2, 0) is 11.4 Å². The Bertz CT molecular complexity index is 759. The highest BCUT2D eigenvalue weighted by atomic mass is 32.1. The van der Waals surface area contributed by atoms with Gasteiger partial charge in [0.25, 0.3) is 5.91 Å². The number of amides is 1. The standard InChI is InChI=1S/C17H18N2O4S/c1-11-18-14(10-24-11)9-23-15-4-2-3-12(7-15)16(20)19-6-5-13(8-19)17(21)22/h2-4,7,10,13H,5-6,8-9H2,1H3,(H,21,22)/t13-/m0/s1. The number of nitrogens with zero attached hydrogens (tertiary/aromatic N) is 2. The smallest absolute Gasteiger partial charge is 0.308 e. The molecule has 24 heavy (non-hydrogen) atoms. The molecule has 1 saturated heterocycles. The molecule has 1 fully saturated rings. The summed E-state index contributed by atoms with van der Waals surface area (Å²) in [7, 11) is 0. The zero-order valence-corrected chi connectivity index (χ0v) is 14.1.